The van der Waals surface area contributed by atoms with E-state index in [0.717, 1.165) is 48.0 Å². The third-order valence-corrected chi connectivity index (χ3v) is 5.56. The summed E-state index contributed by atoms with van der Waals surface area (Å²) >= 11 is 6.32. The van der Waals surface area contributed by atoms with Crippen molar-refractivity contribution in [3.63, 3.8) is 0 Å². The second-order valence-corrected chi connectivity index (χ2v) is 7.62. The summed E-state index contributed by atoms with van der Waals surface area (Å²) < 4.78 is 0. The highest BCUT2D eigenvalue weighted by Crippen LogP contribution is 2.27. The van der Waals surface area contributed by atoms with Crippen LogP contribution >= 0.6 is 11.6 Å². The summed E-state index contributed by atoms with van der Waals surface area (Å²) in [6, 6.07) is 20.5. The van der Waals surface area contributed by atoms with E-state index in [1.54, 1.807) is 0 Å². The van der Waals surface area contributed by atoms with Crippen molar-refractivity contribution in [3.05, 3.63) is 94.5 Å². The van der Waals surface area contributed by atoms with Gasteiger partial charge in [-0.2, -0.15) is 0 Å². The van der Waals surface area contributed by atoms with Gasteiger partial charge in [0.25, 0.3) is 0 Å². The van der Waals surface area contributed by atoms with Crippen molar-refractivity contribution < 1.29 is 0 Å². The van der Waals surface area contributed by atoms with Crippen LogP contribution in [0.1, 0.15) is 41.4 Å². The molecule has 3 heterocycles. The van der Waals surface area contributed by atoms with Crippen molar-refractivity contribution in [3.8, 4) is 0 Å². The van der Waals surface area contributed by atoms with Gasteiger partial charge in [-0.1, -0.05) is 41.9 Å². The van der Waals surface area contributed by atoms with E-state index in [1.807, 2.05) is 30.5 Å². The van der Waals surface area contributed by atoms with Gasteiger partial charge >= 0.3 is 0 Å². The third kappa shape index (κ3) is 4.74. The minimum Gasteiger partial charge on any atom is -0.297 e. The standard InChI is InChI=1S/C23H24ClN3/c24-22-11-2-1-7-18(22)15-20-10-5-12-23(26-20)19-8-6-14-27(16-19)17-21-9-3-4-13-25-21/h1-5,7,9-13,19H,6,8,14-17H2. The lowest BCUT2D eigenvalue weighted by Crippen LogP contribution is -2.34. The number of piperidine rings is 1. The predicted molar refractivity (Wildman–Crippen MR) is 110 cm³/mol. The minimum atomic E-state index is 0.480. The van der Waals surface area contributed by atoms with Crippen LogP contribution in [0.15, 0.2) is 66.9 Å². The van der Waals surface area contributed by atoms with Crippen LogP contribution in [0.5, 0.6) is 0 Å². The summed E-state index contributed by atoms with van der Waals surface area (Å²) in [5, 5.41) is 0.809. The Balaban J connectivity index is 1.45. The van der Waals surface area contributed by atoms with E-state index in [-0.39, 0.29) is 0 Å². The van der Waals surface area contributed by atoms with Gasteiger partial charge in [0.1, 0.15) is 0 Å². The number of hydrogen-bond donors (Lipinski definition) is 0. The number of nitrogens with zero attached hydrogens (tertiary/aromatic N) is 3. The Labute approximate surface area is 166 Å². The molecule has 0 N–H and O–H groups in total. The van der Waals surface area contributed by atoms with Gasteiger partial charge in [0.15, 0.2) is 0 Å². The first kappa shape index (κ1) is 18.1. The topological polar surface area (TPSA) is 29.0 Å². The highest BCUT2D eigenvalue weighted by atomic mass is 35.5. The summed E-state index contributed by atoms with van der Waals surface area (Å²) in [5.74, 6) is 0.480. The van der Waals surface area contributed by atoms with Crippen molar-refractivity contribution in [2.45, 2.75) is 31.7 Å². The van der Waals surface area contributed by atoms with E-state index in [9.17, 15) is 0 Å². The number of rotatable bonds is 5. The van der Waals surface area contributed by atoms with Crippen LogP contribution in [0.3, 0.4) is 0 Å². The Bertz CT molecular complexity index is 882. The second-order valence-electron chi connectivity index (χ2n) is 7.22. The van der Waals surface area contributed by atoms with Gasteiger partial charge in [0.05, 0.1) is 5.69 Å². The smallest absolute Gasteiger partial charge is 0.0543 e. The molecule has 1 fully saturated rings. The molecule has 0 saturated carbocycles. The first-order chi connectivity index (χ1) is 13.3. The van der Waals surface area contributed by atoms with Gasteiger partial charge in [0, 0.05) is 48.0 Å². The van der Waals surface area contributed by atoms with E-state index < -0.39 is 0 Å². The number of halogens is 1. The minimum absolute atomic E-state index is 0.480. The van der Waals surface area contributed by atoms with Gasteiger partial charge in [-0.3, -0.25) is 14.9 Å². The quantitative estimate of drug-likeness (QED) is 0.619. The lowest BCUT2D eigenvalue weighted by atomic mass is 9.93. The highest BCUT2D eigenvalue weighted by Gasteiger charge is 2.22. The molecule has 1 unspecified atom stereocenters. The molecule has 138 valence electrons. The summed E-state index contributed by atoms with van der Waals surface area (Å²) in [4.78, 5) is 11.9. The molecular formula is C23H24ClN3. The fourth-order valence-electron chi connectivity index (χ4n) is 3.82. The Morgan fingerprint density at radius 2 is 1.81 bits per heavy atom. The number of benzene rings is 1. The molecule has 0 radical (unpaired) electrons. The van der Waals surface area contributed by atoms with Crippen LogP contribution < -0.4 is 0 Å². The highest BCUT2D eigenvalue weighted by molar-refractivity contribution is 6.31. The Morgan fingerprint density at radius 3 is 2.67 bits per heavy atom. The van der Waals surface area contributed by atoms with Crippen molar-refractivity contribution in [1.29, 1.82) is 0 Å². The van der Waals surface area contributed by atoms with E-state index in [4.69, 9.17) is 16.6 Å². The molecule has 0 amide bonds. The third-order valence-electron chi connectivity index (χ3n) is 5.19. The maximum atomic E-state index is 6.32. The van der Waals surface area contributed by atoms with Gasteiger partial charge < -0.3 is 0 Å². The van der Waals surface area contributed by atoms with Gasteiger partial charge in [-0.25, -0.2) is 0 Å². The van der Waals surface area contributed by atoms with Crippen LogP contribution in [0, 0.1) is 0 Å². The maximum absolute atomic E-state index is 6.32. The first-order valence-electron chi connectivity index (χ1n) is 9.59. The average Bonchev–Trinajstić information content (AvgIpc) is 2.71. The van der Waals surface area contributed by atoms with Crippen molar-refractivity contribution >= 4 is 11.6 Å². The van der Waals surface area contributed by atoms with Crippen LogP contribution in [-0.2, 0) is 13.0 Å². The fraction of sp³-hybridized carbons (Fsp3) is 0.304. The molecule has 4 rings (SSSR count). The molecule has 1 aliphatic heterocycles. The molecule has 4 heteroatoms. The second kappa shape index (κ2) is 8.64. The van der Waals surface area contributed by atoms with E-state index in [1.165, 1.54) is 18.5 Å². The van der Waals surface area contributed by atoms with Gasteiger partial charge in [-0.15, -0.1) is 0 Å². The number of aromatic nitrogens is 2. The van der Waals surface area contributed by atoms with Crippen LogP contribution in [-0.4, -0.2) is 28.0 Å². The molecule has 1 aliphatic rings. The zero-order valence-electron chi connectivity index (χ0n) is 15.4. The molecule has 0 spiro atoms. The molecule has 1 atom stereocenters. The maximum Gasteiger partial charge on any atom is 0.0543 e. The molecule has 27 heavy (non-hydrogen) atoms. The Morgan fingerprint density at radius 1 is 0.963 bits per heavy atom. The largest absolute Gasteiger partial charge is 0.297 e. The summed E-state index contributed by atoms with van der Waals surface area (Å²) in [6.45, 7) is 3.09. The normalized spacial score (nSPS) is 17.7. The monoisotopic (exact) mass is 377 g/mol. The molecular weight excluding hydrogens is 354 g/mol. The molecule has 1 saturated heterocycles. The van der Waals surface area contributed by atoms with Crippen molar-refractivity contribution in [2.24, 2.45) is 0 Å². The fourth-order valence-corrected chi connectivity index (χ4v) is 4.02. The molecule has 0 aliphatic carbocycles. The molecule has 1 aromatic carbocycles. The van der Waals surface area contributed by atoms with E-state index in [2.05, 4.69) is 46.3 Å². The SMILES string of the molecule is Clc1ccccc1Cc1cccc(C2CCCN(Cc3ccccn3)C2)n1. The number of likely N-dealkylation sites (tertiary alicyclic amines) is 1. The van der Waals surface area contributed by atoms with Crippen LogP contribution in [0.2, 0.25) is 5.02 Å². The Hall–Kier alpha value is -2.23. The van der Waals surface area contributed by atoms with E-state index in [0.29, 0.717) is 5.92 Å². The zero-order chi connectivity index (χ0) is 18.5. The summed E-state index contributed by atoms with van der Waals surface area (Å²) in [5.41, 5.74) is 4.55. The molecule has 3 aromatic rings. The Kier molecular flexibility index (Phi) is 5.81. The van der Waals surface area contributed by atoms with Gasteiger partial charge in [0.2, 0.25) is 0 Å². The number of hydrogen-bond acceptors (Lipinski definition) is 3. The summed E-state index contributed by atoms with van der Waals surface area (Å²) in [6.07, 6.45) is 5.05. The predicted octanol–water partition coefficient (Wildman–Crippen LogP) is 5.10. The van der Waals surface area contributed by atoms with Crippen molar-refractivity contribution in [2.75, 3.05) is 13.1 Å². The van der Waals surface area contributed by atoms with Gasteiger partial charge in [-0.05, 0) is 55.3 Å². The molecule has 3 nitrogen and oxygen atoms in total. The summed E-state index contributed by atoms with van der Waals surface area (Å²) in [7, 11) is 0. The number of pyridine rings is 2. The lowest BCUT2D eigenvalue weighted by molar-refractivity contribution is 0.196. The van der Waals surface area contributed by atoms with Crippen LogP contribution in [0.4, 0.5) is 0 Å². The lowest BCUT2D eigenvalue weighted by Gasteiger charge is -2.32. The van der Waals surface area contributed by atoms with Crippen LogP contribution in [0.25, 0.3) is 0 Å². The van der Waals surface area contributed by atoms with Crippen molar-refractivity contribution in [1.82, 2.24) is 14.9 Å². The average molecular weight is 378 g/mol. The zero-order valence-corrected chi connectivity index (χ0v) is 16.1. The first-order valence-corrected chi connectivity index (χ1v) is 9.97. The molecule has 0 bridgehead atoms. The van der Waals surface area contributed by atoms with E-state index >= 15 is 0 Å². The molecule has 2 aromatic heterocycles.